The zero-order valence-corrected chi connectivity index (χ0v) is 26.7. The SMILES string of the molecule is C1=CC2Oc3ccc(-c4ccc(N(c5ccc(-c6ccc7oc8ccccc8c7c6)cc5)c5ccc6ccccc6c5)cc4)cc3C2C=C1. The fraction of sp³-hybridized carbons (Fsp3) is 0.0435. The summed E-state index contributed by atoms with van der Waals surface area (Å²) in [5, 5.41) is 4.72. The first-order valence-corrected chi connectivity index (χ1v) is 16.8. The van der Waals surface area contributed by atoms with Crippen LogP contribution in [-0.4, -0.2) is 6.10 Å². The highest BCUT2D eigenvalue weighted by atomic mass is 16.5. The van der Waals surface area contributed by atoms with E-state index in [2.05, 4.69) is 169 Å². The minimum Gasteiger partial charge on any atom is -0.485 e. The number of anilines is 3. The van der Waals surface area contributed by atoms with E-state index in [0.29, 0.717) is 0 Å². The summed E-state index contributed by atoms with van der Waals surface area (Å²) in [7, 11) is 0. The van der Waals surface area contributed by atoms with Gasteiger partial charge >= 0.3 is 0 Å². The monoisotopic (exact) mass is 629 g/mol. The molecule has 0 spiro atoms. The van der Waals surface area contributed by atoms with Crippen molar-refractivity contribution in [3.63, 3.8) is 0 Å². The lowest BCUT2D eigenvalue weighted by atomic mass is 9.90. The van der Waals surface area contributed by atoms with Crippen LogP contribution in [0, 0.1) is 0 Å². The maximum Gasteiger partial charge on any atom is 0.135 e. The molecule has 0 fully saturated rings. The molecule has 2 atom stereocenters. The number of benzene rings is 7. The van der Waals surface area contributed by atoms with Crippen molar-refractivity contribution in [3.05, 3.63) is 182 Å². The summed E-state index contributed by atoms with van der Waals surface area (Å²) in [5.74, 6) is 1.25. The zero-order valence-electron chi connectivity index (χ0n) is 26.7. The lowest BCUT2D eigenvalue weighted by Gasteiger charge is -2.26. The van der Waals surface area contributed by atoms with Crippen LogP contribution < -0.4 is 9.64 Å². The highest BCUT2D eigenvalue weighted by Gasteiger charge is 2.32. The number of nitrogens with zero attached hydrogens (tertiary/aromatic N) is 1. The van der Waals surface area contributed by atoms with E-state index in [1.807, 2.05) is 12.1 Å². The molecule has 7 aromatic carbocycles. The standard InChI is InChI=1S/C46H31NO2/c1-2-8-33-27-38(24-17-30(33)7-1)47(36-20-13-31(14-21-36)34-18-25-45-41(28-34)39-9-3-5-11-43(39)48-45)37-22-15-32(16-23-37)35-19-26-46-42(29-35)40-10-4-6-12-44(40)49-46/h1-29,39,43H. The van der Waals surface area contributed by atoms with Crippen LogP contribution >= 0.6 is 0 Å². The maximum absolute atomic E-state index is 6.20. The van der Waals surface area contributed by atoms with Gasteiger partial charge < -0.3 is 14.1 Å². The molecule has 1 aliphatic heterocycles. The van der Waals surface area contributed by atoms with Crippen LogP contribution in [0.1, 0.15) is 11.5 Å². The van der Waals surface area contributed by atoms with E-state index < -0.39 is 0 Å². The Kier molecular flexibility index (Phi) is 6.31. The average molecular weight is 630 g/mol. The lowest BCUT2D eigenvalue weighted by Crippen LogP contribution is -2.15. The van der Waals surface area contributed by atoms with E-state index in [9.17, 15) is 0 Å². The number of para-hydroxylation sites is 1. The van der Waals surface area contributed by atoms with Gasteiger partial charge in [0.05, 0.1) is 0 Å². The summed E-state index contributed by atoms with van der Waals surface area (Å²) in [6.07, 6.45) is 8.67. The molecule has 0 bridgehead atoms. The molecule has 2 unspecified atom stereocenters. The second-order valence-electron chi connectivity index (χ2n) is 12.9. The largest absolute Gasteiger partial charge is 0.485 e. The second-order valence-corrected chi connectivity index (χ2v) is 12.9. The number of hydrogen-bond acceptors (Lipinski definition) is 3. The number of allylic oxidation sites excluding steroid dienone is 2. The van der Waals surface area contributed by atoms with Crippen molar-refractivity contribution in [1.29, 1.82) is 0 Å². The van der Waals surface area contributed by atoms with E-state index in [1.165, 1.54) is 27.5 Å². The normalized spacial score (nSPS) is 16.2. The van der Waals surface area contributed by atoms with Crippen LogP contribution in [0.4, 0.5) is 17.1 Å². The molecule has 232 valence electrons. The first kappa shape index (κ1) is 27.8. The van der Waals surface area contributed by atoms with Crippen molar-refractivity contribution in [3.8, 4) is 28.0 Å². The predicted octanol–water partition coefficient (Wildman–Crippen LogP) is 12.5. The van der Waals surface area contributed by atoms with Gasteiger partial charge in [-0.1, -0.05) is 103 Å². The Balaban J connectivity index is 1.02. The molecule has 2 heterocycles. The predicted molar refractivity (Wildman–Crippen MR) is 202 cm³/mol. The second kappa shape index (κ2) is 11.1. The van der Waals surface area contributed by atoms with Crippen molar-refractivity contribution in [2.45, 2.75) is 12.0 Å². The highest BCUT2D eigenvalue weighted by molar-refractivity contribution is 6.06. The Hall–Kier alpha value is -6.32. The summed E-state index contributed by atoms with van der Waals surface area (Å²) in [6.45, 7) is 0. The van der Waals surface area contributed by atoms with Crippen LogP contribution in [0.25, 0.3) is 55.0 Å². The Labute approximate surface area is 284 Å². The fourth-order valence-electron chi connectivity index (χ4n) is 7.50. The Morgan fingerprint density at radius 1 is 0.449 bits per heavy atom. The topological polar surface area (TPSA) is 25.6 Å². The van der Waals surface area contributed by atoms with Crippen molar-refractivity contribution in [1.82, 2.24) is 0 Å². The van der Waals surface area contributed by atoms with Gasteiger partial charge in [-0.2, -0.15) is 0 Å². The molecule has 0 saturated heterocycles. The highest BCUT2D eigenvalue weighted by Crippen LogP contribution is 2.44. The van der Waals surface area contributed by atoms with Crippen molar-refractivity contribution in [2.24, 2.45) is 0 Å². The third-order valence-corrected chi connectivity index (χ3v) is 10.0. The van der Waals surface area contributed by atoms with Gasteiger partial charge in [0.2, 0.25) is 0 Å². The molecule has 8 aromatic rings. The summed E-state index contributed by atoms with van der Waals surface area (Å²) in [6, 6.07) is 54.3. The van der Waals surface area contributed by atoms with E-state index in [-0.39, 0.29) is 12.0 Å². The van der Waals surface area contributed by atoms with Crippen molar-refractivity contribution in [2.75, 3.05) is 4.90 Å². The summed E-state index contributed by atoms with van der Waals surface area (Å²) in [4.78, 5) is 2.34. The van der Waals surface area contributed by atoms with Gasteiger partial charge in [-0.05, 0) is 106 Å². The molecular weight excluding hydrogens is 599 g/mol. The summed E-state index contributed by atoms with van der Waals surface area (Å²) < 4.78 is 12.3. The molecule has 0 N–H and O–H groups in total. The molecule has 1 aliphatic carbocycles. The number of ether oxygens (including phenoxy) is 1. The van der Waals surface area contributed by atoms with Gasteiger partial charge in [0.25, 0.3) is 0 Å². The number of rotatable bonds is 5. The van der Waals surface area contributed by atoms with E-state index in [0.717, 1.165) is 55.9 Å². The van der Waals surface area contributed by atoms with Gasteiger partial charge in [-0.25, -0.2) is 0 Å². The first-order chi connectivity index (χ1) is 24.2. The molecule has 0 radical (unpaired) electrons. The molecule has 10 rings (SSSR count). The quantitative estimate of drug-likeness (QED) is 0.189. The fourth-order valence-corrected chi connectivity index (χ4v) is 7.50. The Bertz CT molecular complexity index is 2590. The third-order valence-electron chi connectivity index (χ3n) is 10.0. The Morgan fingerprint density at radius 3 is 1.90 bits per heavy atom. The smallest absolute Gasteiger partial charge is 0.135 e. The molecule has 49 heavy (non-hydrogen) atoms. The van der Waals surface area contributed by atoms with E-state index in [4.69, 9.17) is 9.15 Å². The summed E-state index contributed by atoms with van der Waals surface area (Å²) in [5.41, 5.74) is 11.1. The molecule has 3 heteroatoms. The van der Waals surface area contributed by atoms with Crippen LogP contribution in [0.15, 0.2) is 180 Å². The van der Waals surface area contributed by atoms with Crippen molar-refractivity contribution >= 4 is 49.8 Å². The van der Waals surface area contributed by atoms with Crippen LogP contribution in [0.2, 0.25) is 0 Å². The Morgan fingerprint density at radius 2 is 1.08 bits per heavy atom. The van der Waals surface area contributed by atoms with Gasteiger partial charge in [0, 0.05) is 39.3 Å². The number of fused-ring (bicyclic) bond motifs is 7. The third kappa shape index (κ3) is 4.74. The lowest BCUT2D eigenvalue weighted by molar-refractivity contribution is 0.269. The first-order valence-electron chi connectivity index (χ1n) is 16.8. The van der Waals surface area contributed by atoms with Crippen molar-refractivity contribution < 1.29 is 9.15 Å². The maximum atomic E-state index is 6.20. The van der Waals surface area contributed by atoms with E-state index in [1.54, 1.807) is 0 Å². The van der Waals surface area contributed by atoms with Crippen LogP contribution in [0.3, 0.4) is 0 Å². The zero-order chi connectivity index (χ0) is 32.3. The molecular formula is C46H31NO2. The minimum atomic E-state index is 0.0907. The van der Waals surface area contributed by atoms with Gasteiger partial charge in [-0.15, -0.1) is 0 Å². The minimum absolute atomic E-state index is 0.0907. The van der Waals surface area contributed by atoms with Gasteiger partial charge in [-0.3, -0.25) is 0 Å². The average Bonchev–Trinajstić information content (AvgIpc) is 3.73. The summed E-state index contributed by atoms with van der Waals surface area (Å²) >= 11 is 0. The molecule has 2 aliphatic rings. The van der Waals surface area contributed by atoms with Crippen LogP contribution in [-0.2, 0) is 0 Å². The number of furan rings is 1. The molecule has 0 amide bonds. The van der Waals surface area contributed by atoms with Gasteiger partial charge in [0.15, 0.2) is 0 Å². The molecule has 0 saturated carbocycles. The molecule has 1 aromatic heterocycles. The van der Waals surface area contributed by atoms with E-state index >= 15 is 0 Å². The van der Waals surface area contributed by atoms with Crippen LogP contribution in [0.5, 0.6) is 5.75 Å². The number of hydrogen-bond donors (Lipinski definition) is 0. The van der Waals surface area contributed by atoms with Gasteiger partial charge in [0.1, 0.15) is 23.0 Å². The molecule has 3 nitrogen and oxygen atoms in total.